The van der Waals surface area contributed by atoms with Crippen LogP contribution in [0.25, 0.3) is 0 Å². The summed E-state index contributed by atoms with van der Waals surface area (Å²) < 4.78 is 23.6. The molecule has 1 unspecified atom stereocenters. The van der Waals surface area contributed by atoms with Gasteiger partial charge in [-0.25, -0.2) is 0 Å². The Labute approximate surface area is 117 Å². The number of ether oxygens (including phenoxy) is 2. The molecular formula is C15H22O3S. The van der Waals surface area contributed by atoms with Crippen molar-refractivity contribution in [2.45, 2.75) is 56.2 Å². The van der Waals surface area contributed by atoms with Crippen LogP contribution in [0.2, 0.25) is 0 Å². The topological polar surface area (TPSA) is 35.5 Å². The van der Waals surface area contributed by atoms with E-state index in [0.29, 0.717) is 6.61 Å². The molecule has 4 heteroatoms. The van der Waals surface area contributed by atoms with Gasteiger partial charge in [0.1, 0.15) is 0 Å². The van der Waals surface area contributed by atoms with Gasteiger partial charge in [0.2, 0.25) is 0 Å². The van der Waals surface area contributed by atoms with Gasteiger partial charge in [-0.05, 0) is 30.9 Å². The third kappa shape index (κ3) is 4.13. The SMILES string of the molecule is CC(C)S(=O)c1ccccc1CO[C@H]1CCCCO1. The lowest BCUT2D eigenvalue weighted by Crippen LogP contribution is -2.22. The summed E-state index contributed by atoms with van der Waals surface area (Å²) in [6.07, 6.45) is 3.13. The number of rotatable bonds is 5. The predicted octanol–water partition coefficient (Wildman–Crippen LogP) is 3.25. The molecule has 0 aliphatic carbocycles. The first-order chi connectivity index (χ1) is 9.18. The van der Waals surface area contributed by atoms with Crippen molar-refractivity contribution in [3.8, 4) is 0 Å². The largest absolute Gasteiger partial charge is 0.353 e. The molecule has 1 heterocycles. The van der Waals surface area contributed by atoms with Crippen molar-refractivity contribution in [1.29, 1.82) is 0 Å². The zero-order valence-corrected chi connectivity index (χ0v) is 12.4. The van der Waals surface area contributed by atoms with E-state index in [-0.39, 0.29) is 11.5 Å². The lowest BCUT2D eigenvalue weighted by atomic mass is 10.2. The van der Waals surface area contributed by atoms with Gasteiger partial charge in [0, 0.05) is 16.8 Å². The molecular weight excluding hydrogens is 260 g/mol. The van der Waals surface area contributed by atoms with Crippen LogP contribution in [-0.2, 0) is 26.9 Å². The van der Waals surface area contributed by atoms with Gasteiger partial charge in [0.25, 0.3) is 0 Å². The summed E-state index contributed by atoms with van der Waals surface area (Å²) in [4.78, 5) is 0.883. The Kier molecular flexibility index (Phi) is 5.55. The Morgan fingerprint density at radius 2 is 2.16 bits per heavy atom. The fourth-order valence-corrected chi connectivity index (χ4v) is 3.20. The van der Waals surface area contributed by atoms with Crippen LogP contribution < -0.4 is 0 Å². The van der Waals surface area contributed by atoms with E-state index in [4.69, 9.17) is 9.47 Å². The second kappa shape index (κ2) is 7.17. The van der Waals surface area contributed by atoms with Crippen molar-refractivity contribution >= 4 is 10.8 Å². The van der Waals surface area contributed by atoms with Crippen LogP contribution in [0, 0.1) is 0 Å². The summed E-state index contributed by atoms with van der Waals surface area (Å²) in [5, 5.41) is 0.118. The maximum Gasteiger partial charge on any atom is 0.158 e. The first-order valence-corrected chi connectivity index (χ1v) is 8.11. The first-order valence-electron chi connectivity index (χ1n) is 6.90. The molecule has 1 fully saturated rings. The number of hydrogen-bond acceptors (Lipinski definition) is 3. The normalized spacial score (nSPS) is 21.5. The molecule has 106 valence electrons. The third-order valence-corrected chi connectivity index (χ3v) is 4.87. The van der Waals surface area contributed by atoms with Crippen LogP contribution >= 0.6 is 0 Å². The van der Waals surface area contributed by atoms with Gasteiger partial charge in [-0.3, -0.25) is 4.21 Å². The Bertz CT molecular complexity index is 425. The van der Waals surface area contributed by atoms with E-state index in [1.54, 1.807) is 0 Å². The molecule has 2 rings (SSSR count). The molecule has 1 aliphatic rings. The van der Waals surface area contributed by atoms with Crippen molar-refractivity contribution in [2.24, 2.45) is 0 Å². The molecule has 0 bridgehead atoms. The van der Waals surface area contributed by atoms with Crippen LogP contribution in [-0.4, -0.2) is 22.4 Å². The summed E-state index contributed by atoms with van der Waals surface area (Å²) >= 11 is 0. The van der Waals surface area contributed by atoms with Gasteiger partial charge in [-0.1, -0.05) is 32.0 Å². The Morgan fingerprint density at radius 3 is 2.84 bits per heavy atom. The Balaban J connectivity index is 2.01. The van der Waals surface area contributed by atoms with Gasteiger partial charge in [-0.15, -0.1) is 0 Å². The van der Waals surface area contributed by atoms with Crippen LogP contribution in [0.15, 0.2) is 29.2 Å². The Hall–Kier alpha value is -0.710. The molecule has 2 atom stereocenters. The smallest absolute Gasteiger partial charge is 0.158 e. The summed E-state index contributed by atoms with van der Waals surface area (Å²) in [5.74, 6) is 0. The van der Waals surface area contributed by atoms with Crippen LogP contribution in [0.1, 0.15) is 38.7 Å². The number of benzene rings is 1. The highest BCUT2D eigenvalue weighted by Crippen LogP contribution is 2.20. The number of hydrogen-bond donors (Lipinski definition) is 0. The minimum atomic E-state index is -0.974. The summed E-state index contributed by atoms with van der Waals surface area (Å²) in [6, 6.07) is 7.80. The molecule has 0 amide bonds. The molecule has 1 aliphatic heterocycles. The molecule has 0 N–H and O–H groups in total. The average molecular weight is 282 g/mol. The van der Waals surface area contributed by atoms with Gasteiger partial charge >= 0.3 is 0 Å². The Morgan fingerprint density at radius 1 is 1.37 bits per heavy atom. The van der Waals surface area contributed by atoms with E-state index in [2.05, 4.69) is 0 Å². The molecule has 1 aromatic rings. The van der Waals surface area contributed by atoms with E-state index in [0.717, 1.165) is 36.3 Å². The minimum Gasteiger partial charge on any atom is -0.353 e. The average Bonchev–Trinajstić information content (AvgIpc) is 2.45. The second-order valence-electron chi connectivity index (χ2n) is 5.06. The van der Waals surface area contributed by atoms with Crippen molar-refractivity contribution in [3.63, 3.8) is 0 Å². The summed E-state index contributed by atoms with van der Waals surface area (Å²) in [7, 11) is -0.974. The van der Waals surface area contributed by atoms with E-state index < -0.39 is 10.8 Å². The van der Waals surface area contributed by atoms with E-state index >= 15 is 0 Å². The third-order valence-electron chi connectivity index (χ3n) is 3.18. The van der Waals surface area contributed by atoms with Crippen molar-refractivity contribution in [1.82, 2.24) is 0 Å². The van der Waals surface area contributed by atoms with E-state index in [1.165, 1.54) is 0 Å². The lowest BCUT2D eigenvalue weighted by molar-refractivity contribution is -0.169. The van der Waals surface area contributed by atoms with Gasteiger partial charge in [-0.2, -0.15) is 0 Å². The highest BCUT2D eigenvalue weighted by atomic mass is 32.2. The van der Waals surface area contributed by atoms with Gasteiger partial charge < -0.3 is 9.47 Å². The molecule has 0 aromatic heterocycles. The standard InChI is InChI=1S/C15H22O3S/c1-12(2)19(16)14-8-4-3-7-13(14)11-18-15-9-5-6-10-17-15/h3-4,7-8,12,15H,5-6,9-11H2,1-2H3/t15-,19?/m0/s1. The minimum absolute atomic E-state index is 0.103. The predicted molar refractivity (Wildman–Crippen MR) is 76.4 cm³/mol. The van der Waals surface area contributed by atoms with E-state index in [9.17, 15) is 4.21 Å². The highest BCUT2D eigenvalue weighted by molar-refractivity contribution is 7.85. The fourth-order valence-electron chi connectivity index (χ4n) is 2.10. The van der Waals surface area contributed by atoms with Crippen molar-refractivity contribution < 1.29 is 13.7 Å². The maximum atomic E-state index is 12.2. The van der Waals surface area contributed by atoms with Crippen LogP contribution in [0.4, 0.5) is 0 Å². The van der Waals surface area contributed by atoms with E-state index in [1.807, 2.05) is 38.1 Å². The lowest BCUT2D eigenvalue weighted by Gasteiger charge is -2.23. The van der Waals surface area contributed by atoms with Gasteiger partial charge in [0.15, 0.2) is 6.29 Å². The monoisotopic (exact) mass is 282 g/mol. The van der Waals surface area contributed by atoms with Crippen LogP contribution in [0.3, 0.4) is 0 Å². The first kappa shape index (κ1) is 14.7. The maximum absolute atomic E-state index is 12.2. The molecule has 1 saturated heterocycles. The summed E-state index contributed by atoms with van der Waals surface area (Å²) in [5.41, 5.74) is 1.00. The van der Waals surface area contributed by atoms with Crippen molar-refractivity contribution in [2.75, 3.05) is 6.61 Å². The molecule has 3 nitrogen and oxygen atoms in total. The zero-order chi connectivity index (χ0) is 13.7. The fraction of sp³-hybridized carbons (Fsp3) is 0.600. The molecule has 0 saturated carbocycles. The van der Waals surface area contributed by atoms with Crippen molar-refractivity contribution in [3.05, 3.63) is 29.8 Å². The molecule has 1 aromatic carbocycles. The quantitative estimate of drug-likeness (QED) is 0.831. The highest BCUT2D eigenvalue weighted by Gasteiger charge is 2.17. The molecule has 0 radical (unpaired) electrons. The molecule has 19 heavy (non-hydrogen) atoms. The second-order valence-corrected chi connectivity index (χ2v) is 7.04. The summed E-state index contributed by atoms with van der Waals surface area (Å²) in [6.45, 7) is 5.19. The zero-order valence-electron chi connectivity index (χ0n) is 11.6. The molecule has 0 spiro atoms. The van der Waals surface area contributed by atoms with Crippen LogP contribution in [0.5, 0.6) is 0 Å². The van der Waals surface area contributed by atoms with Gasteiger partial charge in [0.05, 0.1) is 17.4 Å².